The molecular weight excluding hydrogens is 270 g/mol. The summed E-state index contributed by atoms with van der Waals surface area (Å²) in [5.41, 5.74) is 1.62. The van der Waals surface area contributed by atoms with Crippen LogP contribution in [0.2, 0.25) is 0 Å². The summed E-state index contributed by atoms with van der Waals surface area (Å²) in [6, 6.07) is 8.20. The van der Waals surface area contributed by atoms with Crippen LogP contribution in [-0.4, -0.2) is 51.1 Å². The number of nitrogens with one attached hydrogen (secondary N) is 1. The van der Waals surface area contributed by atoms with Gasteiger partial charge in [-0.15, -0.1) is 11.8 Å². The summed E-state index contributed by atoms with van der Waals surface area (Å²) in [5.74, 6) is 0.964. The van der Waals surface area contributed by atoms with E-state index >= 15 is 0 Å². The van der Waals surface area contributed by atoms with E-state index in [1.165, 1.54) is 0 Å². The molecule has 20 heavy (non-hydrogen) atoms. The molecule has 0 atom stereocenters. The lowest BCUT2D eigenvalue weighted by atomic mass is 10.2. The van der Waals surface area contributed by atoms with Crippen LogP contribution in [-0.2, 0) is 4.74 Å². The Morgan fingerprint density at radius 1 is 1.35 bits per heavy atom. The normalized spacial score (nSPS) is 10.6. The van der Waals surface area contributed by atoms with Crippen molar-refractivity contribution in [2.45, 2.75) is 11.8 Å². The number of hydrogen-bond acceptors (Lipinski definition) is 5. The Morgan fingerprint density at radius 3 is 2.80 bits per heavy atom. The third-order valence-electron chi connectivity index (χ3n) is 2.68. The molecule has 0 unspecified atom stereocenters. The number of ether oxygens (including phenoxy) is 1. The van der Waals surface area contributed by atoms with Gasteiger partial charge in [0.05, 0.1) is 24.5 Å². The number of nitriles is 1. The quantitative estimate of drug-likeness (QED) is 0.560. The maximum absolute atomic E-state index is 9.29. The average Bonchev–Trinajstić information content (AvgIpc) is 2.43. The van der Waals surface area contributed by atoms with Gasteiger partial charge in [0.15, 0.2) is 0 Å². The molecular formula is C15H23N3OS. The van der Waals surface area contributed by atoms with E-state index < -0.39 is 0 Å². The van der Waals surface area contributed by atoms with Gasteiger partial charge in [0.2, 0.25) is 0 Å². The molecule has 110 valence electrons. The third kappa shape index (κ3) is 5.83. The number of likely N-dealkylation sites (N-methyl/N-ethyl adjacent to an activating group) is 1. The fourth-order valence-electron chi connectivity index (χ4n) is 1.68. The highest BCUT2D eigenvalue weighted by atomic mass is 32.2. The summed E-state index contributed by atoms with van der Waals surface area (Å²) in [6.45, 7) is 5.09. The molecule has 0 aliphatic carbocycles. The highest BCUT2D eigenvalue weighted by Gasteiger charge is 2.07. The summed E-state index contributed by atoms with van der Waals surface area (Å²) in [6.07, 6.45) is 0. The molecule has 1 N–H and O–H groups in total. The molecule has 0 radical (unpaired) electrons. The molecule has 5 heteroatoms. The first-order valence-electron chi connectivity index (χ1n) is 6.81. The molecule has 0 bridgehead atoms. The molecule has 4 nitrogen and oxygen atoms in total. The second-order valence-corrected chi connectivity index (χ2v) is 5.87. The van der Waals surface area contributed by atoms with Crippen molar-refractivity contribution >= 4 is 17.4 Å². The van der Waals surface area contributed by atoms with Crippen LogP contribution in [0.25, 0.3) is 0 Å². The van der Waals surface area contributed by atoms with Crippen LogP contribution in [0.15, 0.2) is 23.1 Å². The van der Waals surface area contributed by atoms with E-state index in [-0.39, 0.29) is 0 Å². The summed E-state index contributed by atoms with van der Waals surface area (Å²) < 4.78 is 5.53. The van der Waals surface area contributed by atoms with Crippen LogP contribution in [0, 0.1) is 11.3 Å². The molecule has 0 saturated heterocycles. The van der Waals surface area contributed by atoms with E-state index in [0.717, 1.165) is 35.1 Å². The van der Waals surface area contributed by atoms with Gasteiger partial charge in [0, 0.05) is 18.0 Å². The number of hydrogen-bond donors (Lipinski definition) is 1. The van der Waals surface area contributed by atoms with Crippen molar-refractivity contribution in [2.75, 3.05) is 51.5 Å². The van der Waals surface area contributed by atoms with Gasteiger partial charge in [-0.2, -0.15) is 5.26 Å². The van der Waals surface area contributed by atoms with E-state index in [1.807, 2.05) is 32.3 Å². The molecule has 0 amide bonds. The topological polar surface area (TPSA) is 48.3 Å². The van der Waals surface area contributed by atoms with Gasteiger partial charge in [0.25, 0.3) is 0 Å². The monoisotopic (exact) mass is 293 g/mol. The highest BCUT2D eigenvalue weighted by Crippen LogP contribution is 2.27. The van der Waals surface area contributed by atoms with E-state index in [0.29, 0.717) is 13.2 Å². The van der Waals surface area contributed by atoms with Crippen LogP contribution >= 0.6 is 11.8 Å². The van der Waals surface area contributed by atoms with Crippen molar-refractivity contribution in [1.29, 1.82) is 5.26 Å². The molecule has 0 fully saturated rings. The largest absolute Gasteiger partial charge is 0.382 e. The van der Waals surface area contributed by atoms with E-state index in [1.54, 1.807) is 11.8 Å². The smallest absolute Gasteiger partial charge is 0.102 e. The minimum atomic E-state index is 0.643. The lowest BCUT2D eigenvalue weighted by Gasteiger charge is -2.12. The first-order chi connectivity index (χ1) is 9.69. The summed E-state index contributed by atoms with van der Waals surface area (Å²) >= 11 is 1.69. The number of nitrogens with zero attached hydrogens (tertiary/aromatic N) is 2. The van der Waals surface area contributed by atoms with Gasteiger partial charge in [0.1, 0.15) is 6.07 Å². The lowest BCUT2D eigenvalue weighted by Crippen LogP contribution is -2.20. The van der Waals surface area contributed by atoms with Gasteiger partial charge >= 0.3 is 0 Å². The predicted molar refractivity (Wildman–Crippen MR) is 85.4 cm³/mol. The molecule has 1 aromatic rings. The summed E-state index contributed by atoms with van der Waals surface area (Å²) in [5, 5.41) is 12.6. The first kappa shape index (κ1) is 16.8. The van der Waals surface area contributed by atoms with Crippen molar-refractivity contribution in [3.63, 3.8) is 0 Å². The number of thioether (sulfide) groups is 1. The fourth-order valence-corrected chi connectivity index (χ4v) is 2.46. The minimum absolute atomic E-state index is 0.643. The molecule has 0 spiro atoms. The number of anilines is 1. The molecule has 0 heterocycles. The molecule has 0 aliphatic rings. The Bertz CT molecular complexity index is 443. The van der Waals surface area contributed by atoms with Gasteiger partial charge in [-0.05, 0) is 32.0 Å². The molecule has 1 rings (SSSR count). The highest BCUT2D eigenvalue weighted by molar-refractivity contribution is 7.99. The third-order valence-corrected chi connectivity index (χ3v) is 3.62. The van der Waals surface area contributed by atoms with Crippen LogP contribution in [0.3, 0.4) is 0 Å². The van der Waals surface area contributed by atoms with Crippen LogP contribution in [0.5, 0.6) is 0 Å². The first-order valence-corrected chi connectivity index (χ1v) is 7.79. The maximum Gasteiger partial charge on any atom is 0.102 e. The zero-order valence-corrected chi connectivity index (χ0v) is 13.3. The van der Waals surface area contributed by atoms with Crippen molar-refractivity contribution < 1.29 is 4.74 Å². The number of benzene rings is 1. The standard InChI is InChI=1S/C15H23N3OS/c1-4-20-15-7-5-6-14(13(15)12-16)17-8-10-19-11-9-18(2)3/h5-7,17H,4,8-11H2,1-3H3. The Balaban J connectivity index is 2.44. The zero-order chi connectivity index (χ0) is 14.8. The fraction of sp³-hybridized carbons (Fsp3) is 0.533. The Morgan fingerprint density at radius 2 is 2.15 bits per heavy atom. The van der Waals surface area contributed by atoms with Crippen LogP contribution in [0.1, 0.15) is 12.5 Å². The summed E-state index contributed by atoms with van der Waals surface area (Å²) in [7, 11) is 4.05. The Hall–Kier alpha value is -1.22. The van der Waals surface area contributed by atoms with Crippen LogP contribution < -0.4 is 5.32 Å². The van der Waals surface area contributed by atoms with Gasteiger partial charge < -0.3 is 15.0 Å². The molecule has 0 aliphatic heterocycles. The molecule has 0 aromatic heterocycles. The van der Waals surface area contributed by atoms with E-state index in [9.17, 15) is 5.26 Å². The SMILES string of the molecule is CCSc1cccc(NCCOCCN(C)C)c1C#N. The summed E-state index contributed by atoms with van der Waals surface area (Å²) in [4.78, 5) is 3.13. The van der Waals surface area contributed by atoms with Gasteiger partial charge in [-0.25, -0.2) is 0 Å². The van der Waals surface area contributed by atoms with E-state index in [2.05, 4.69) is 23.2 Å². The van der Waals surface area contributed by atoms with Crippen molar-refractivity contribution in [3.8, 4) is 6.07 Å². The molecule has 1 aromatic carbocycles. The average molecular weight is 293 g/mol. The van der Waals surface area contributed by atoms with Gasteiger partial charge in [-0.1, -0.05) is 13.0 Å². The van der Waals surface area contributed by atoms with E-state index in [4.69, 9.17) is 4.74 Å². The second kappa shape index (κ2) is 9.65. The Kier molecular flexibility index (Phi) is 8.12. The second-order valence-electron chi connectivity index (χ2n) is 4.57. The minimum Gasteiger partial charge on any atom is -0.382 e. The van der Waals surface area contributed by atoms with Crippen molar-refractivity contribution in [3.05, 3.63) is 23.8 Å². The molecule has 0 saturated carbocycles. The van der Waals surface area contributed by atoms with Crippen molar-refractivity contribution in [1.82, 2.24) is 4.90 Å². The predicted octanol–water partition coefficient (Wildman–Crippen LogP) is 2.66. The lowest BCUT2D eigenvalue weighted by molar-refractivity contribution is 0.126. The maximum atomic E-state index is 9.29. The number of rotatable bonds is 9. The van der Waals surface area contributed by atoms with Crippen LogP contribution in [0.4, 0.5) is 5.69 Å². The van der Waals surface area contributed by atoms with Crippen molar-refractivity contribution in [2.24, 2.45) is 0 Å². The Labute approximate surface area is 126 Å². The van der Waals surface area contributed by atoms with Gasteiger partial charge in [-0.3, -0.25) is 0 Å². The zero-order valence-electron chi connectivity index (χ0n) is 12.5.